The van der Waals surface area contributed by atoms with Gasteiger partial charge in [0.05, 0.1) is 11.0 Å². The van der Waals surface area contributed by atoms with E-state index in [-0.39, 0.29) is 5.57 Å². The Morgan fingerprint density at radius 1 is 0.800 bits per heavy atom. The number of allylic oxidation sites excluding steroid dienone is 3. The van der Waals surface area contributed by atoms with Gasteiger partial charge in [-0.15, -0.1) is 0 Å². The van der Waals surface area contributed by atoms with E-state index in [2.05, 4.69) is 0 Å². The Kier molecular flexibility index (Phi) is 5.69. The molecule has 1 unspecified atom stereocenters. The maximum absolute atomic E-state index is 12.4. The predicted molar refractivity (Wildman–Crippen MR) is 118 cm³/mol. The zero-order valence-corrected chi connectivity index (χ0v) is 17.5. The zero-order valence-electron chi connectivity index (χ0n) is 17.5. The fourth-order valence-corrected chi connectivity index (χ4v) is 4.03. The van der Waals surface area contributed by atoms with E-state index >= 15 is 0 Å². The van der Waals surface area contributed by atoms with Crippen molar-refractivity contribution < 1.29 is 19.8 Å². The van der Waals surface area contributed by atoms with Gasteiger partial charge in [0.2, 0.25) is 0 Å². The van der Waals surface area contributed by atoms with E-state index in [0.29, 0.717) is 0 Å². The summed E-state index contributed by atoms with van der Waals surface area (Å²) in [5.41, 5.74) is 2.10. The number of carboxylic acids is 2. The third-order valence-corrected chi connectivity index (χ3v) is 5.62. The molecule has 2 N–H and O–H groups in total. The Bertz CT molecular complexity index is 951. The number of anilines is 2. The van der Waals surface area contributed by atoms with Gasteiger partial charge in [-0.3, -0.25) is 4.79 Å². The minimum atomic E-state index is -1.27. The molecular formula is C24H26N2O4. The molecule has 0 bridgehead atoms. The molecule has 1 atom stereocenters. The largest absolute Gasteiger partial charge is 0.481 e. The normalized spacial score (nSPS) is 17.2. The molecule has 6 nitrogen and oxygen atoms in total. The van der Waals surface area contributed by atoms with Gasteiger partial charge in [-0.1, -0.05) is 42.5 Å². The minimum Gasteiger partial charge on any atom is -0.481 e. The molecule has 0 radical (unpaired) electrons. The topological polar surface area (TPSA) is 81.1 Å². The lowest BCUT2D eigenvalue weighted by atomic mass is 9.61. The van der Waals surface area contributed by atoms with Crippen molar-refractivity contribution in [2.24, 2.45) is 5.92 Å². The van der Waals surface area contributed by atoms with Crippen LogP contribution in [-0.4, -0.2) is 50.3 Å². The van der Waals surface area contributed by atoms with Crippen molar-refractivity contribution >= 4 is 23.3 Å². The summed E-state index contributed by atoms with van der Waals surface area (Å²) in [4.78, 5) is 28.3. The van der Waals surface area contributed by atoms with Crippen LogP contribution in [-0.2, 0) is 15.0 Å². The maximum atomic E-state index is 12.4. The van der Waals surface area contributed by atoms with Crippen LogP contribution < -0.4 is 9.80 Å². The number of nitrogens with zero attached hydrogens (tertiary/aromatic N) is 2. The summed E-state index contributed by atoms with van der Waals surface area (Å²) in [6, 6.07) is 15.2. The van der Waals surface area contributed by atoms with Gasteiger partial charge >= 0.3 is 11.9 Å². The number of hydrogen-bond acceptors (Lipinski definition) is 4. The molecule has 30 heavy (non-hydrogen) atoms. The fraction of sp³-hybridized carbons (Fsp3) is 0.250. The molecule has 2 aromatic carbocycles. The first-order chi connectivity index (χ1) is 14.2. The van der Waals surface area contributed by atoms with Crippen molar-refractivity contribution in [3.8, 4) is 0 Å². The summed E-state index contributed by atoms with van der Waals surface area (Å²) in [6.07, 6.45) is 4.82. The molecule has 1 aliphatic carbocycles. The van der Waals surface area contributed by atoms with Gasteiger partial charge in [0.15, 0.2) is 0 Å². The van der Waals surface area contributed by atoms with E-state index in [9.17, 15) is 19.8 Å². The van der Waals surface area contributed by atoms with Crippen LogP contribution in [0.4, 0.5) is 11.4 Å². The summed E-state index contributed by atoms with van der Waals surface area (Å²) in [7, 11) is 7.71. The number of rotatable bonds is 6. The molecule has 0 saturated heterocycles. The average Bonchev–Trinajstić information content (AvgIpc) is 2.73. The van der Waals surface area contributed by atoms with E-state index in [1.165, 1.54) is 6.08 Å². The van der Waals surface area contributed by atoms with E-state index in [0.717, 1.165) is 22.5 Å². The standard InChI is InChI=1S/C24H26N2O4/c1-25(2)18-11-7-16(8-12-18)24(17-9-13-19(14-10-17)26(3)4)15-5-6-20(22(27)28)21(24)23(29)30/h5-15,21H,1-4H3,(H,27,28)(H,29,30). The monoisotopic (exact) mass is 406 g/mol. The molecule has 0 aliphatic heterocycles. The Morgan fingerprint density at radius 2 is 1.23 bits per heavy atom. The van der Waals surface area contributed by atoms with Crippen LogP contribution in [0.15, 0.2) is 72.3 Å². The van der Waals surface area contributed by atoms with E-state index in [1.54, 1.807) is 12.2 Å². The highest BCUT2D eigenvalue weighted by molar-refractivity contribution is 5.96. The number of carboxylic acid groups (broad SMARTS) is 2. The number of benzene rings is 2. The summed E-state index contributed by atoms with van der Waals surface area (Å²) in [6.45, 7) is 0. The SMILES string of the molecule is CN(C)c1ccc(C2(c3ccc(N(C)C)cc3)C=CC=C(C(=O)O)C2C(=O)O)cc1. The average molecular weight is 406 g/mol. The Labute approximate surface area is 176 Å². The maximum Gasteiger partial charge on any atom is 0.332 e. The molecule has 156 valence electrons. The molecule has 6 heteroatoms. The van der Waals surface area contributed by atoms with Crippen LogP contribution in [0.25, 0.3) is 0 Å². The molecule has 0 fully saturated rings. The third kappa shape index (κ3) is 3.56. The first-order valence-electron chi connectivity index (χ1n) is 9.59. The quantitative estimate of drug-likeness (QED) is 0.765. The van der Waals surface area contributed by atoms with Crippen molar-refractivity contribution in [2.45, 2.75) is 5.41 Å². The molecule has 0 heterocycles. The lowest BCUT2D eigenvalue weighted by Crippen LogP contribution is -2.43. The van der Waals surface area contributed by atoms with Crippen molar-refractivity contribution in [2.75, 3.05) is 38.0 Å². The minimum absolute atomic E-state index is 0.140. The fourth-order valence-electron chi connectivity index (χ4n) is 4.03. The lowest BCUT2D eigenvalue weighted by Gasteiger charge is -2.39. The smallest absolute Gasteiger partial charge is 0.332 e. The first kappa shape index (κ1) is 21.2. The number of hydrogen-bond donors (Lipinski definition) is 2. The second-order valence-corrected chi connectivity index (χ2v) is 7.81. The summed E-state index contributed by atoms with van der Waals surface area (Å²) in [5, 5.41) is 19.9. The molecule has 1 aliphatic rings. The van der Waals surface area contributed by atoms with Gasteiger partial charge in [-0.25, -0.2) is 4.79 Å². The predicted octanol–water partition coefficient (Wildman–Crippen LogP) is 3.39. The molecule has 0 aromatic heterocycles. The molecule has 0 spiro atoms. The van der Waals surface area contributed by atoms with Crippen LogP contribution in [0.2, 0.25) is 0 Å². The second kappa shape index (κ2) is 8.06. The first-order valence-corrected chi connectivity index (χ1v) is 9.59. The van der Waals surface area contributed by atoms with Crippen LogP contribution in [0, 0.1) is 5.92 Å². The van der Waals surface area contributed by atoms with Gasteiger partial charge in [-0.2, -0.15) is 0 Å². The van der Waals surface area contributed by atoms with E-state index in [1.807, 2.05) is 86.5 Å². The summed E-state index contributed by atoms with van der Waals surface area (Å²) < 4.78 is 0. The molecule has 2 aromatic rings. The Morgan fingerprint density at radius 3 is 1.57 bits per heavy atom. The van der Waals surface area contributed by atoms with E-state index in [4.69, 9.17) is 0 Å². The van der Waals surface area contributed by atoms with Gasteiger partial charge in [0.1, 0.15) is 5.92 Å². The Hall–Kier alpha value is -3.54. The van der Waals surface area contributed by atoms with Crippen LogP contribution in [0.3, 0.4) is 0 Å². The van der Waals surface area contributed by atoms with Gasteiger partial charge in [0, 0.05) is 39.6 Å². The van der Waals surface area contributed by atoms with Crippen LogP contribution >= 0.6 is 0 Å². The van der Waals surface area contributed by atoms with Crippen LogP contribution in [0.5, 0.6) is 0 Å². The second-order valence-electron chi connectivity index (χ2n) is 7.81. The molecule has 3 rings (SSSR count). The lowest BCUT2D eigenvalue weighted by molar-refractivity contribution is -0.145. The van der Waals surface area contributed by atoms with Crippen LogP contribution in [0.1, 0.15) is 11.1 Å². The highest BCUT2D eigenvalue weighted by Crippen LogP contribution is 2.47. The highest BCUT2D eigenvalue weighted by atomic mass is 16.4. The van der Waals surface area contributed by atoms with E-state index < -0.39 is 23.3 Å². The highest BCUT2D eigenvalue weighted by Gasteiger charge is 2.49. The zero-order chi connectivity index (χ0) is 22.1. The molecular weight excluding hydrogens is 380 g/mol. The van der Waals surface area contributed by atoms with Crippen molar-refractivity contribution in [1.29, 1.82) is 0 Å². The number of aliphatic carboxylic acids is 2. The van der Waals surface area contributed by atoms with Gasteiger partial charge in [-0.05, 0) is 35.4 Å². The summed E-state index contributed by atoms with van der Waals surface area (Å²) >= 11 is 0. The number of carbonyl (C=O) groups is 2. The summed E-state index contributed by atoms with van der Waals surface area (Å²) in [5.74, 6) is -3.68. The molecule has 0 amide bonds. The van der Waals surface area contributed by atoms with Crippen molar-refractivity contribution in [3.05, 3.63) is 83.5 Å². The van der Waals surface area contributed by atoms with Gasteiger partial charge in [0.25, 0.3) is 0 Å². The van der Waals surface area contributed by atoms with Gasteiger partial charge < -0.3 is 20.0 Å². The van der Waals surface area contributed by atoms with Crippen molar-refractivity contribution in [3.63, 3.8) is 0 Å². The molecule has 0 saturated carbocycles. The Balaban J connectivity index is 2.28. The third-order valence-electron chi connectivity index (χ3n) is 5.62. The van der Waals surface area contributed by atoms with Crippen molar-refractivity contribution in [1.82, 2.24) is 0 Å².